The van der Waals surface area contributed by atoms with Crippen molar-refractivity contribution in [3.8, 4) is 0 Å². The first-order chi connectivity index (χ1) is 7.15. The number of aliphatic hydroxyl groups is 1. The molecule has 1 amide bonds. The molecule has 0 aromatic rings. The Labute approximate surface area is 93.2 Å². The second-order valence-electron chi connectivity index (χ2n) is 3.24. The molecular formula is C11H26N2O2. The summed E-state index contributed by atoms with van der Waals surface area (Å²) in [6, 6.07) is 0.300. The molecule has 1 saturated carbocycles. The molecule has 0 spiro atoms. The molecule has 0 aromatic carbocycles. The number of carbonyl (C=O) groups is 1. The maximum atomic E-state index is 10.8. The van der Waals surface area contributed by atoms with Crippen molar-refractivity contribution in [2.45, 2.75) is 59.1 Å². The number of rotatable bonds is 3. The third-order valence-electron chi connectivity index (χ3n) is 1.45. The van der Waals surface area contributed by atoms with Gasteiger partial charge in [0.15, 0.2) is 0 Å². The van der Waals surface area contributed by atoms with Gasteiger partial charge >= 0.3 is 0 Å². The summed E-state index contributed by atoms with van der Waals surface area (Å²) < 4.78 is 0. The zero-order valence-electron chi connectivity index (χ0n) is 10.4. The fraction of sp³-hybridized carbons (Fsp3) is 0.909. The van der Waals surface area contributed by atoms with E-state index in [9.17, 15) is 4.79 Å². The van der Waals surface area contributed by atoms with Crippen LogP contribution >= 0.6 is 0 Å². The summed E-state index contributed by atoms with van der Waals surface area (Å²) >= 11 is 0. The lowest BCUT2D eigenvalue weighted by atomic mass is 10.3. The summed E-state index contributed by atoms with van der Waals surface area (Å²) in [7, 11) is 0. The van der Waals surface area contributed by atoms with Crippen molar-refractivity contribution < 1.29 is 9.90 Å². The molecule has 1 aliphatic rings. The Kier molecular flexibility index (Phi) is 12.8. The fourth-order valence-electron chi connectivity index (χ4n) is 0.632. The normalized spacial score (nSPS) is 15.1. The molecule has 0 bridgehead atoms. The molecule has 1 rings (SSSR count). The molecule has 1 fully saturated rings. The van der Waals surface area contributed by atoms with E-state index in [4.69, 9.17) is 10.8 Å². The SMILES string of the molecule is CC.CCC.NCC(O)C(=O)NC1CC1. The van der Waals surface area contributed by atoms with E-state index in [0.717, 1.165) is 12.8 Å². The molecule has 1 aliphatic carbocycles. The van der Waals surface area contributed by atoms with Crippen molar-refractivity contribution in [1.29, 1.82) is 0 Å². The zero-order valence-corrected chi connectivity index (χ0v) is 10.4. The van der Waals surface area contributed by atoms with E-state index in [2.05, 4.69) is 19.2 Å². The first kappa shape index (κ1) is 16.8. The van der Waals surface area contributed by atoms with E-state index in [0.29, 0.717) is 6.04 Å². The molecule has 1 atom stereocenters. The summed E-state index contributed by atoms with van der Waals surface area (Å²) in [6.07, 6.45) is 2.28. The predicted molar refractivity (Wildman–Crippen MR) is 63.5 cm³/mol. The van der Waals surface area contributed by atoms with Crippen LogP contribution in [-0.2, 0) is 4.79 Å². The van der Waals surface area contributed by atoms with Crippen LogP contribution in [0.5, 0.6) is 0 Å². The maximum absolute atomic E-state index is 10.8. The molecular weight excluding hydrogens is 192 g/mol. The maximum Gasteiger partial charge on any atom is 0.250 e. The van der Waals surface area contributed by atoms with E-state index >= 15 is 0 Å². The van der Waals surface area contributed by atoms with E-state index in [1.165, 1.54) is 6.42 Å². The Hall–Kier alpha value is -0.610. The molecule has 0 saturated heterocycles. The standard InChI is InChI=1S/C6H12N2O2.C3H8.C2H6/c7-3-5(9)6(10)8-4-1-2-4;1-3-2;1-2/h4-5,9H,1-3,7H2,(H,8,10);3H2,1-2H3;1-2H3. The van der Waals surface area contributed by atoms with Gasteiger partial charge in [-0.3, -0.25) is 4.79 Å². The van der Waals surface area contributed by atoms with Crippen LogP contribution in [0.3, 0.4) is 0 Å². The Morgan fingerprint density at radius 2 is 1.87 bits per heavy atom. The number of amides is 1. The topological polar surface area (TPSA) is 75.3 Å². The first-order valence-electron chi connectivity index (χ1n) is 5.84. The van der Waals surface area contributed by atoms with Crippen LogP contribution in [0.2, 0.25) is 0 Å². The lowest BCUT2D eigenvalue weighted by Crippen LogP contribution is -2.40. The number of hydrogen-bond donors (Lipinski definition) is 3. The molecule has 0 heterocycles. The second kappa shape index (κ2) is 11.5. The van der Waals surface area contributed by atoms with E-state index in [-0.39, 0.29) is 12.5 Å². The monoisotopic (exact) mass is 218 g/mol. The van der Waals surface area contributed by atoms with E-state index < -0.39 is 6.10 Å². The lowest BCUT2D eigenvalue weighted by molar-refractivity contribution is -0.128. The molecule has 4 nitrogen and oxygen atoms in total. The van der Waals surface area contributed by atoms with Crippen molar-refractivity contribution in [1.82, 2.24) is 5.32 Å². The number of nitrogens with one attached hydrogen (secondary N) is 1. The highest BCUT2D eigenvalue weighted by Gasteiger charge is 2.25. The molecule has 4 heteroatoms. The van der Waals surface area contributed by atoms with Gasteiger partial charge in [0.25, 0.3) is 0 Å². The van der Waals surface area contributed by atoms with Crippen molar-refractivity contribution in [3.05, 3.63) is 0 Å². The average Bonchev–Trinajstić information content (AvgIpc) is 3.04. The van der Waals surface area contributed by atoms with Gasteiger partial charge in [-0.15, -0.1) is 0 Å². The minimum Gasteiger partial charge on any atom is -0.382 e. The summed E-state index contributed by atoms with van der Waals surface area (Å²) in [6.45, 7) is 8.25. The van der Waals surface area contributed by atoms with Crippen molar-refractivity contribution in [2.75, 3.05) is 6.54 Å². The lowest BCUT2D eigenvalue weighted by Gasteiger charge is -2.06. The van der Waals surface area contributed by atoms with E-state index in [1.807, 2.05) is 13.8 Å². The van der Waals surface area contributed by atoms with Crippen molar-refractivity contribution in [2.24, 2.45) is 5.73 Å². The third-order valence-corrected chi connectivity index (χ3v) is 1.45. The quantitative estimate of drug-likeness (QED) is 0.662. The molecule has 0 radical (unpaired) electrons. The van der Waals surface area contributed by atoms with Crippen LogP contribution in [0.15, 0.2) is 0 Å². The van der Waals surface area contributed by atoms with Crippen LogP contribution in [0.1, 0.15) is 47.0 Å². The Morgan fingerprint density at radius 3 is 2.13 bits per heavy atom. The number of aliphatic hydroxyl groups excluding tert-OH is 1. The van der Waals surface area contributed by atoms with Gasteiger partial charge in [-0.1, -0.05) is 34.1 Å². The van der Waals surface area contributed by atoms with Gasteiger partial charge in [-0.2, -0.15) is 0 Å². The second-order valence-corrected chi connectivity index (χ2v) is 3.24. The van der Waals surface area contributed by atoms with Crippen LogP contribution in [0.25, 0.3) is 0 Å². The largest absolute Gasteiger partial charge is 0.382 e. The van der Waals surface area contributed by atoms with Crippen molar-refractivity contribution in [3.63, 3.8) is 0 Å². The number of carbonyl (C=O) groups excluding carboxylic acids is 1. The third kappa shape index (κ3) is 11.3. The van der Waals surface area contributed by atoms with Gasteiger partial charge in [0.1, 0.15) is 6.10 Å². The summed E-state index contributed by atoms with van der Waals surface area (Å²) in [5.41, 5.74) is 5.06. The van der Waals surface area contributed by atoms with Crippen LogP contribution in [0, 0.1) is 0 Å². The number of nitrogens with two attached hydrogens (primary N) is 1. The molecule has 15 heavy (non-hydrogen) atoms. The molecule has 4 N–H and O–H groups in total. The highest BCUT2D eigenvalue weighted by Crippen LogP contribution is 2.18. The predicted octanol–water partition coefficient (Wildman–Crippen LogP) is 1.03. The average molecular weight is 218 g/mol. The van der Waals surface area contributed by atoms with Crippen LogP contribution < -0.4 is 11.1 Å². The van der Waals surface area contributed by atoms with Gasteiger partial charge in [0, 0.05) is 12.6 Å². The molecule has 0 aliphatic heterocycles. The molecule has 0 aromatic heterocycles. The number of hydrogen-bond acceptors (Lipinski definition) is 3. The van der Waals surface area contributed by atoms with Crippen LogP contribution in [0.4, 0.5) is 0 Å². The Bertz CT molecular complexity index is 148. The van der Waals surface area contributed by atoms with Crippen LogP contribution in [-0.4, -0.2) is 29.7 Å². The first-order valence-corrected chi connectivity index (χ1v) is 5.84. The Morgan fingerprint density at radius 1 is 1.47 bits per heavy atom. The van der Waals surface area contributed by atoms with Gasteiger partial charge in [0.05, 0.1) is 0 Å². The summed E-state index contributed by atoms with van der Waals surface area (Å²) in [5, 5.41) is 11.5. The summed E-state index contributed by atoms with van der Waals surface area (Å²) in [5.74, 6) is -0.343. The van der Waals surface area contributed by atoms with Crippen molar-refractivity contribution >= 4 is 5.91 Å². The smallest absolute Gasteiger partial charge is 0.250 e. The molecule has 92 valence electrons. The Balaban J connectivity index is 0. The molecule has 1 unspecified atom stereocenters. The summed E-state index contributed by atoms with van der Waals surface area (Å²) in [4.78, 5) is 10.8. The minimum absolute atomic E-state index is 0.00144. The van der Waals surface area contributed by atoms with Gasteiger partial charge in [-0.05, 0) is 12.8 Å². The van der Waals surface area contributed by atoms with Gasteiger partial charge < -0.3 is 16.2 Å². The minimum atomic E-state index is -1.03. The van der Waals surface area contributed by atoms with Gasteiger partial charge in [0.2, 0.25) is 5.91 Å². The highest BCUT2D eigenvalue weighted by atomic mass is 16.3. The van der Waals surface area contributed by atoms with E-state index in [1.54, 1.807) is 0 Å². The fourth-order valence-corrected chi connectivity index (χ4v) is 0.632. The highest BCUT2D eigenvalue weighted by molar-refractivity contribution is 5.81. The zero-order chi connectivity index (χ0) is 12.3. The van der Waals surface area contributed by atoms with Gasteiger partial charge in [-0.25, -0.2) is 0 Å².